The second-order valence-corrected chi connectivity index (χ2v) is 10.7. The van der Waals surface area contributed by atoms with Gasteiger partial charge in [-0.3, -0.25) is 0 Å². The van der Waals surface area contributed by atoms with Gasteiger partial charge in [0, 0.05) is 26.7 Å². The molecular formula is C20H25BrClN3O3S2. The highest BCUT2D eigenvalue weighted by molar-refractivity contribution is 8.93. The molecule has 30 heavy (non-hydrogen) atoms. The lowest BCUT2D eigenvalue weighted by atomic mass is 10.0. The fourth-order valence-electron chi connectivity index (χ4n) is 3.01. The molecule has 0 radical (unpaired) electrons. The fourth-order valence-corrected chi connectivity index (χ4v) is 5.60. The van der Waals surface area contributed by atoms with Crippen LogP contribution in [-0.2, 0) is 15.7 Å². The van der Waals surface area contributed by atoms with E-state index in [0.717, 1.165) is 21.1 Å². The maximum atomic E-state index is 12.6. The second-order valence-electron chi connectivity index (χ2n) is 7.21. The molecule has 1 heterocycles. The topological polar surface area (TPSA) is 73.2 Å². The number of hydrogen-bond donors (Lipinski definition) is 1. The fraction of sp³-hybridized carbons (Fsp3) is 0.350. The maximum Gasteiger partial charge on any atom is 0.244 e. The SMILES string of the molecule is Br.Cc1cccc(N=C2SCC(O)(c3ccc(Cl)c(S(=O)(=O)N(C)C)c3)N2C)c1C. The zero-order valence-corrected chi connectivity index (χ0v) is 21.5. The summed E-state index contributed by atoms with van der Waals surface area (Å²) >= 11 is 7.57. The van der Waals surface area contributed by atoms with Crippen molar-refractivity contribution in [3.63, 3.8) is 0 Å². The standard InChI is InChI=1S/C20H24ClN3O3S2.BrH/c1-13-7-6-8-17(14(13)2)22-19-24(5)20(25,12-28-19)15-9-10-16(21)18(11-15)29(26,27)23(3)4;/h6-11,25H,12H2,1-5H3;1H. The van der Waals surface area contributed by atoms with Crippen molar-refractivity contribution in [3.05, 3.63) is 58.1 Å². The van der Waals surface area contributed by atoms with E-state index in [2.05, 4.69) is 0 Å². The Bertz CT molecular complexity index is 1090. The van der Waals surface area contributed by atoms with Gasteiger partial charge < -0.3 is 10.0 Å². The molecule has 1 atom stereocenters. The maximum absolute atomic E-state index is 12.6. The van der Waals surface area contributed by atoms with Crippen LogP contribution in [0.2, 0.25) is 5.02 Å². The Kier molecular flexibility index (Phi) is 7.70. The summed E-state index contributed by atoms with van der Waals surface area (Å²) in [7, 11) is 0.895. The van der Waals surface area contributed by atoms with Crippen molar-refractivity contribution >= 4 is 61.2 Å². The number of hydrogen-bond acceptors (Lipinski definition) is 5. The molecule has 0 bridgehead atoms. The van der Waals surface area contributed by atoms with Crippen LogP contribution >= 0.6 is 40.3 Å². The highest BCUT2D eigenvalue weighted by atomic mass is 79.9. The van der Waals surface area contributed by atoms with Crippen LogP contribution in [0.25, 0.3) is 0 Å². The molecule has 164 valence electrons. The monoisotopic (exact) mass is 533 g/mol. The Balaban J connectivity index is 0.00000320. The molecule has 1 saturated heterocycles. The first-order chi connectivity index (χ1) is 13.5. The van der Waals surface area contributed by atoms with Crippen molar-refractivity contribution in [2.24, 2.45) is 4.99 Å². The van der Waals surface area contributed by atoms with Gasteiger partial charge in [0.25, 0.3) is 0 Å². The molecule has 2 aromatic rings. The van der Waals surface area contributed by atoms with Gasteiger partial charge in [0.1, 0.15) is 4.90 Å². The van der Waals surface area contributed by atoms with Crippen molar-refractivity contribution < 1.29 is 13.5 Å². The van der Waals surface area contributed by atoms with Crippen molar-refractivity contribution in [2.45, 2.75) is 24.5 Å². The second kappa shape index (κ2) is 9.18. The van der Waals surface area contributed by atoms with Crippen LogP contribution in [0.15, 0.2) is 46.3 Å². The molecule has 10 heteroatoms. The third kappa shape index (κ3) is 4.42. The van der Waals surface area contributed by atoms with Gasteiger partial charge in [-0.05, 0) is 43.2 Å². The van der Waals surface area contributed by atoms with E-state index in [4.69, 9.17) is 16.6 Å². The lowest BCUT2D eigenvalue weighted by molar-refractivity contribution is -0.0349. The smallest absolute Gasteiger partial charge is 0.244 e. The Labute approximate surface area is 197 Å². The summed E-state index contributed by atoms with van der Waals surface area (Å²) in [5, 5.41) is 12.2. The number of rotatable bonds is 4. The lowest BCUT2D eigenvalue weighted by Gasteiger charge is -2.32. The molecule has 1 unspecified atom stereocenters. The first-order valence-corrected chi connectivity index (χ1v) is 11.8. The van der Waals surface area contributed by atoms with E-state index in [1.807, 2.05) is 32.0 Å². The van der Waals surface area contributed by atoms with Gasteiger partial charge in [-0.2, -0.15) is 0 Å². The summed E-state index contributed by atoms with van der Waals surface area (Å²) in [4.78, 5) is 6.37. The minimum atomic E-state index is -3.74. The van der Waals surface area contributed by atoms with E-state index in [-0.39, 0.29) is 26.9 Å². The van der Waals surface area contributed by atoms with Crippen molar-refractivity contribution in [3.8, 4) is 0 Å². The van der Waals surface area contributed by atoms with Crippen LogP contribution in [0.3, 0.4) is 0 Å². The van der Waals surface area contributed by atoms with E-state index in [9.17, 15) is 13.5 Å². The molecule has 3 rings (SSSR count). The van der Waals surface area contributed by atoms with Crippen LogP contribution in [0.1, 0.15) is 16.7 Å². The highest BCUT2D eigenvalue weighted by Crippen LogP contribution is 2.40. The molecule has 0 aliphatic carbocycles. The van der Waals surface area contributed by atoms with E-state index < -0.39 is 15.7 Å². The van der Waals surface area contributed by atoms with Gasteiger partial charge in [0.2, 0.25) is 10.0 Å². The number of aryl methyl sites for hydroxylation is 1. The normalized spacial score (nSPS) is 20.7. The van der Waals surface area contributed by atoms with Crippen LogP contribution in [0.5, 0.6) is 0 Å². The predicted octanol–water partition coefficient (Wildman–Crippen LogP) is 4.30. The summed E-state index contributed by atoms with van der Waals surface area (Å²) in [6.45, 7) is 4.04. The van der Waals surface area contributed by atoms with Gasteiger partial charge in [0.15, 0.2) is 10.9 Å². The number of thioether (sulfide) groups is 1. The van der Waals surface area contributed by atoms with Crippen LogP contribution < -0.4 is 0 Å². The third-order valence-corrected chi connectivity index (χ3v) is 8.66. The largest absolute Gasteiger partial charge is 0.366 e. The molecule has 0 amide bonds. The Morgan fingerprint density at radius 3 is 2.53 bits per heavy atom. The quantitative estimate of drug-likeness (QED) is 0.633. The zero-order valence-electron chi connectivity index (χ0n) is 17.4. The number of benzene rings is 2. The predicted molar refractivity (Wildman–Crippen MR) is 130 cm³/mol. The van der Waals surface area contributed by atoms with Gasteiger partial charge in [0.05, 0.1) is 16.5 Å². The molecule has 0 spiro atoms. The van der Waals surface area contributed by atoms with E-state index in [0.29, 0.717) is 16.5 Å². The first kappa shape index (κ1) is 25.2. The van der Waals surface area contributed by atoms with Gasteiger partial charge in [-0.15, -0.1) is 17.0 Å². The Hall–Kier alpha value is -1.10. The number of halogens is 2. The molecule has 0 aromatic heterocycles. The van der Waals surface area contributed by atoms with Crippen LogP contribution in [0, 0.1) is 13.8 Å². The lowest BCUT2D eigenvalue weighted by Crippen LogP contribution is -2.42. The molecule has 2 aromatic carbocycles. The number of aliphatic hydroxyl groups is 1. The van der Waals surface area contributed by atoms with Crippen molar-refractivity contribution in [1.82, 2.24) is 9.21 Å². The molecule has 1 aliphatic heterocycles. The van der Waals surface area contributed by atoms with E-state index in [1.165, 1.54) is 38.0 Å². The summed E-state index contributed by atoms with van der Waals surface area (Å²) < 4.78 is 26.3. The van der Waals surface area contributed by atoms with E-state index >= 15 is 0 Å². The molecule has 1 aliphatic rings. The highest BCUT2D eigenvalue weighted by Gasteiger charge is 2.43. The minimum absolute atomic E-state index is 0. The summed E-state index contributed by atoms with van der Waals surface area (Å²) in [5.41, 5.74) is 2.11. The summed E-state index contributed by atoms with van der Waals surface area (Å²) in [6.07, 6.45) is 0. The number of amidine groups is 1. The average Bonchev–Trinajstić information content (AvgIpc) is 2.95. The van der Waals surface area contributed by atoms with E-state index in [1.54, 1.807) is 18.0 Å². The molecule has 6 nitrogen and oxygen atoms in total. The number of aliphatic imine (C=N–C) groups is 1. The van der Waals surface area contributed by atoms with Gasteiger partial charge >= 0.3 is 0 Å². The molecule has 0 saturated carbocycles. The van der Waals surface area contributed by atoms with Crippen LogP contribution in [0.4, 0.5) is 5.69 Å². The number of sulfonamides is 1. The number of nitrogens with zero attached hydrogens (tertiary/aromatic N) is 3. The minimum Gasteiger partial charge on any atom is -0.366 e. The summed E-state index contributed by atoms with van der Waals surface area (Å²) in [6, 6.07) is 10.5. The molecule has 1 fully saturated rings. The zero-order chi connectivity index (χ0) is 21.6. The summed E-state index contributed by atoms with van der Waals surface area (Å²) in [5.74, 6) is 0.316. The molecule has 1 N–H and O–H groups in total. The first-order valence-electron chi connectivity index (χ1n) is 8.95. The van der Waals surface area contributed by atoms with Crippen LogP contribution in [-0.4, -0.2) is 54.8 Å². The van der Waals surface area contributed by atoms with Crippen molar-refractivity contribution in [1.29, 1.82) is 0 Å². The van der Waals surface area contributed by atoms with Gasteiger partial charge in [-0.1, -0.05) is 41.6 Å². The third-order valence-electron chi connectivity index (χ3n) is 5.19. The Morgan fingerprint density at radius 1 is 1.23 bits per heavy atom. The Morgan fingerprint density at radius 2 is 1.90 bits per heavy atom. The molecular weight excluding hydrogens is 510 g/mol. The van der Waals surface area contributed by atoms with Gasteiger partial charge in [-0.25, -0.2) is 17.7 Å². The van der Waals surface area contributed by atoms with Crippen molar-refractivity contribution in [2.75, 3.05) is 26.9 Å². The average molecular weight is 535 g/mol.